The number of carbonyl (C=O) groups excluding carboxylic acids is 1. The maximum absolute atomic E-state index is 13.1. The van der Waals surface area contributed by atoms with Gasteiger partial charge in [0.05, 0.1) is 4.92 Å². The van der Waals surface area contributed by atoms with E-state index in [9.17, 15) is 19.3 Å². The summed E-state index contributed by atoms with van der Waals surface area (Å²) in [7, 11) is 0. The van der Waals surface area contributed by atoms with Crippen LogP contribution in [-0.4, -0.2) is 48.0 Å². The van der Waals surface area contributed by atoms with E-state index in [-0.39, 0.29) is 17.4 Å². The second-order valence-corrected chi connectivity index (χ2v) is 7.16. The van der Waals surface area contributed by atoms with Gasteiger partial charge in [0.2, 0.25) is 0 Å². The van der Waals surface area contributed by atoms with Gasteiger partial charge in [-0.15, -0.1) is 0 Å². The number of hydrogen-bond acceptors (Lipinski definition) is 5. The molecule has 2 aromatic rings. The zero-order valence-electron chi connectivity index (χ0n) is 15.3. The summed E-state index contributed by atoms with van der Waals surface area (Å²) in [6.07, 6.45) is 2.02. The van der Waals surface area contributed by atoms with Gasteiger partial charge in [-0.05, 0) is 49.2 Å². The first-order chi connectivity index (χ1) is 13.5. The van der Waals surface area contributed by atoms with E-state index in [4.69, 9.17) is 0 Å². The normalized spacial score (nSPS) is 16.8. The average molecular weight is 384 g/mol. The lowest BCUT2D eigenvalue weighted by Gasteiger charge is -2.36. The number of carbonyl (C=O) groups is 1. The molecule has 1 amide bonds. The lowest BCUT2D eigenvalue weighted by atomic mass is 10.1. The van der Waals surface area contributed by atoms with Crippen LogP contribution in [0.4, 0.5) is 21.5 Å². The third-order valence-electron chi connectivity index (χ3n) is 5.14. The summed E-state index contributed by atoms with van der Waals surface area (Å²) in [5.41, 5.74) is 1.63. The van der Waals surface area contributed by atoms with Crippen LogP contribution in [0.1, 0.15) is 23.2 Å². The highest BCUT2D eigenvalue weighted by atomic mass is 19.1. The SMILES string of the molecule is O=C(c1ccc(NC2CC2)c([N+](=O)[O-])c1)N1CCN(c2ccc(F)cc2)CC1. The molecule has 2 aliphatic rings. The van der Waals surface area contributed by atoms with Gasteiger partial charge in [0, 0.05) is 49.5 Å². The highest BCUT2D eigenvalue weighted by Gasteiger charge is 2.27. The average Bonchev–Trinajstić information content (AvgIpc) is 3.52. The van der Waals surface area contributed by atoms with Gasteiger partial charge in [-0.3, -0.25) is 14.9 Å². The van der Waals surface area contributed by atoms with Gasteiger partial charge >= 0.3 is 0 Å². The van der Waals surface area contributed by atoms with E-state index in [2.05, 4.69) is 10.2 Å². The number of nitro groups is 1. The van der Waals surface area contributed by atoms with Gasteiger partial charge in [0.1, 0.15) is 11.5 Å². The molecule has 1 aliphatic heterocycles. The summed E-state index contributed by atoms with van der Waals surface area (Å²) in [5, 5.41) is 14.5. The standard InChI is InChI=1S/C20H21FN4O3/c21-15-2-6-17(7-3-15)23-9-11-24(12-10-23)20(26)14-1-8-18(22-16-4-5-16)19(13-14)25(27)28/h1-3,6-8,13,16,22H,4-5,9-12H2. The van der Waals surface area contributed by atoms with Crippen molar-refractivity contribution >= 4 is 23.0 Å². The molecule has 0 aromatic heterocycles. The number of rotatable bonds is 5. The van der Waals surface area contributed by atoms with Crippen molar-refractivity contribution in [1.29, 1.82) is 0 Å². The number of anilines is 2. The first-order valence-corrected chi connectivity index (χ1v) is 9.36. The van der Waals surface area contributed by atoms with Gasteiger partial charge < -0.3 is 15.1 Å². The van der Waals surface area contributed by atoms with Crippen LogP contribution in [0.25, 0.3) is 0 Å². The molecule has 2 fully saturated rings. The second kappa shape index (κ2) is 7.46. The Bertz CT molecular complexity index is 891. The van der Waals surface area contributed by atoms with Crippen LogP contribution in [0, 0.1) is 15.9 Å². The highest BCUT2D eigenvalue weighted by molar-refractivity contribution is 5.96. The van der Waals surface area contributed by atoms with Gasteiger partial charge in [-0.2, -0.15) is 0 Å². The Balaban J connectivity index is 1.44. The Morgan fingerprint density at radius 1 is 1.07 bits per heavy atom. The Labute approximate surface area is 161 Å². The number of nitrogens with zero attached hydrogens (tertiary/aromatic N) is 3. The zero-order valence-corrected chi connectivity index (χ0v) is 15.3. The Morgan fingerprint density at radius 2 is 1.75 bits per heavy atom. The fraction of sp³-hybridized carbons (Fsp3) is 0.350. The van der Waals surface area contributed by atoms with Crippen LogP contribution in [0.15, 0.2) is 42.5 Å². The van der Waals surface area contributed by atoms with E-state index in [1.165, 1.54) is 18.2 Å². The van der Waals surface area contributed by atoms with Gasteiger partial charge in [0.15, 0.2) is 0 Å². The quantitative estimate of drug-likeness (QED) is 0.632. The van der Waals surface area contributed by atoms with Crippen molar-refractivity contribution in [3.8, 4) is 0 Å². The van der Waals surface area contributed by atoms with Crippen LogP contribution in [0.2, 0.25) is 0 Å². The number of nitro benzene ring substituents is 1. The molecule has 146 valence electrons. The predicted molar refractivity (Wildman–Crippen MR) is 104 cm³/mol. The molecule has 28 heavy (non-hydrogen) atoms. The van der Waals surface area contributed by atoms with E-state index in [0.29, 0.717) is 43.5 Å². The minimum atomic E-state index is -0.450. The molecule has 1 N–H and O–H groups in total. The lowest BCUT2D eigenvalue weighted by Crippen LogP contribution is -2.48. The molecule has 0 atom stereocenters. The first-order valence-electron chi connectivity index (χ1n) is 9.36. The summed E-state index contributed by atoms with van der Waals surface area (Å²) in [6, 6.07) is 11.2. The van der Waals surface area contributed by atoms with Crippen molar-refractivity contribution in [2.75, 3.05) is 36.4 Å². The molecule has 1 saturated heterocycles. The van der Waals surface area contributed by atoms with Crippen LogP contribution in [0.3, 0.4) is 0 Å². The fourth-order valence-electron chi connectivity index (χ4n) is 3.39. The van der Waals surface area contributed by atoms with Crippen molar-refractivity contribution in [3.05, 3.63) is 64.0 Å². The van der Waals surface area contributed by atoms with Crippen molar-refractivity contribution in [2.45, 2.75) is 18.9 Å². The van der Waals surface area contributed by atoms with Gasteiger partial charge in [-0.1, -0.05) is 0 Å². The minimum absolute atomic E-state index is 0.0669. The molecule has 0 bridgehead atoms. The molecule has 4 rings (SSSR count). The molecule has 0 spiro atoms. The van der Waals surface area contributed by atoms with Crippen LogP contribution in [0.5, 0.6) is 0 Å². The van der Waals surface area contributed by atoms with E-state index in [1.54, 1.807) is 29.2 Å². The summed E-state index contributed by atoms with van der Waals surface area (Å²) < 4.78 is 13.1. The largest absolute Gasteiger partial charge is 0.377 e. The smallest absolute Gasteiger partial charge is 0.293 e. The summed E-state index contributed by atoms with van der Waals surface area (Å²) in [5.74, 6) is -0.487. The monoisotopic (exact) mass is 384 g/mol. The second-order valence-electron chi connectivity index (χ2n) is 7.16. The van der Waals surface area contributed by atoms with E-state index >= 15 is 0 Å². The fourth-order valence-corrected chi connectivity index (χ4v) is 3.39. The molecule has 7 nitrogen and oxygen atoms in total. The molecule has 0 radical (unpaired) electrons. The molecule has 1 aliphatic carbocycles. The maximum Gasteiger partial charge on any atom is 0.293 e. The molecule has 0 unspecified atom stereocenters. The number of halogens is 1. The first kappa shape index (κ1) is 18.2. The van der Waals surface area contributed by atoms with Crippen molar-refractivity contribution in [3.63, 3.8) is 0 Å². The molecule has 1 saturated carbocycles. The number of benzene rings is 2. The van der Waals surface area contributed by atoms with Gasteiger partial charge in [-0.25, -0.2) is 4.39 Å². The van der Waals surface area contributed by atoms with E-state index in [0.717, 1.165) is 18.5 Å². The number of hydrogen-bond donors (Lipinski definition) is 1. The molecule has 2 aromatic carbocycles. The third-order valence-corrected chi connectivity index (χ3v) is 5.14. The van der Waals surface area contributed by atoms with Crippen LogP contribution >= 0.6 is 0 Å². The highest BCUT2D eigenvalue weighted by Crippen LogP contribution is 2.32. The summed E-state index contributed by atoms with van der Waals surface area (Å²) in [6.45, 7) is 2.26. The third kappa shape index (κ3) is 3.90. The maximum atomic E-state index is 13.1. The zero-order chi connectivity index (χ0) is 19.7. The Kier molecular flexibility index (Phi) is 4.85. The van der Waals surface area contributed by atoms with Crippen LogP contribution < -0.4 is 10.2 Å². The van der Waals surface area contributed by atoms with Crippen molar-refractivity contribution < 1.29 is 14.1 Å². The van der Waals surface area contributed by atoms with Crippen molar-refractivity contribution in [1.82, 2.24) is 4.90 Å². The summed E-state index contributed by atoms with van der Waals surface area (Å²) in [4.78, 5) is 27.6. The molecular formula is C20H21FN4O3. The van der Waals surface area contributed by atoms with E-state index in [1.807, 2.05) is 0 Å². The topological polar surface area (TPSA) is 78.7 Å². The number of nitrogens with one attached hydrogen (secondary N) is 1. The van der Waals surface area contributed by atoms with Gasteiger partial charge in [0.25, 0.3) is 11.6 Å². The minimum Gasteiger partial charge on any atom is -0.377 e. The Morgan fingerprint density at radius 3 is 2.36 bits per heavy atom. The van der Waals surface area contributed by atoms with Crippen LogP contribution in [-0.2, 0) is 0 Å². The number of piperazine rings is 1. The van der Waals surface area contributed by atoms with E-state index < -0.39 is 4.92 Å². The summed E-state index contributed by atoms with van der Waals surface area (Å²) >= 11 is 0. The Hall–Kier alpha value is -3.16. The van der Waals surface area contributed by atoms with Crippen molar-refractivity contribution in [2.24, 2.45) is 0 Å². The number of amides is 1. The molecule has 1 heterocycles. The molecular weight excluding hydrogens is 363 g/mol. The molecule has 8 heteroatoms. The lowest BCUT2D eigenvalue weighted by molar-refractivity contribution is -0.384. The predicted octanol–water partition coefficient (Wildman–Crippen LogP) is 3.27.